The Morgan fingerprint density at radius 1 is 1.24 bits per heavy atom. The minimum absolute atomic E-state index is 0.104. The fourth-order valence-electron chi connectivity index (χ4n) is 2.06. The maximum atomic E-state index is 12.7. The van der Waals surface area contributed by atoms with Crippen LogP contribution in [0.3, 0.4) is 0 Å². The number of aromatic nitrogens is 1. The van der Waals surface area contributed by atoms with Gasteiger partial charge < -0.3 is 9.47 Å². The molecule has 0 saturated carbocycles. The smallest absolute Gasteiger partial charge is 0.355 e. The average molecular weight is 484 g/mol. The summed E-state index contributed by atoms with van der Waals surface area (Å²) >= 11 is 1.88. The Bertz CT molecular complexity index is 840. The SMILES string of the molecule is COc1cc(Cc2cccc(I)c2NS(=O)(=O)C(F)F)nc(OC)c1. The third-order valence-electron chi connectivity index (χ3n) is 3.22. The number of alkyl halides is 2. The first-order valence-corrected chi connectivity index (χ1v) is 9.55. The van der Waals surface area contributed by atoms with E-state index in [2.05, 4.69) is 4.98 Å². The van der Waals surface area contributed by atoms with Crippen molar-refractivity contribution in [3.05, 3.63) is 45.2 Å². The van der Waals surface area contributed by atoms with Crippen molar-refractivity contribution in [1.29, 1.82) is 0 Å². The molecule has 0 aliphatic heterocycles. The Balaban J connectivity index is 2.43. The number of benzene rings is 1. The molecule has 0 aliphatic rings. The third-order valence-corrected chi connectivity index (χ3v) is 5.08. The number of nitrogens with zero attached hydrogens (tertiary/aromatic N) is 1. The number of hydrogen-bond donors (Lipinski definition) is 1. The molecular formula is C15H15F2IN2O4S. The van der Waals surface area contributed by atoms with Gasteiger partial charge in [-0.2, -0.15) is 8.78 Å². The summed E-state index contributed by atoms with van der Waals surface area (Å²) in [5, 5.41) is 0. The molecule has 0 spiro atoms. The molecule has 0 unspecified atom stereocenters. The van der Waals surface area contributed by atoms with Crippen molar-refractivity contribution in [3.8, 4) is 11.6 Å². The van der Waals surface area contributed by atoms with Gasteiger partial charge in [-0.1, -0.05) is 12.1 Å². The van der Waals surface area contributed by atoms with E-state index < -0.39 is 15.8 Å². The Morgan fingerprint density at radius 2 is 1.96 bits per heavy atom. The minimum atomic E-state index is -4.77. The standard InChI is InChI=1S/C15H15F2IN2O4S/c1-23-11-7-10(19-13(8-11)24-2)6-9-4-3-5-12(18)14(9)20-25(21,22)15(16)17/h3-5,7-8,15,20H,6H2,1-2H3. The molecule has 0 bridgehead atoms. The number of halogens is 3. The average Bonchev–Trinajstić information content (AvgIpc) is 2.57. The topological polar surface area (TPSA) is 77.5 Å². The molecule has 0 radical (unpaired) electrons. The summed E-state index contributed by atoms with van der Waals surface area (Å²) in [6, 6.07) is 8.22. The fraction of sp³-hybridized carbons (Fsp3) is 0.267. The molecule has 136 valence electrons. The van der Waals surface area contributed by atoms with E-state index in [0.29, 0.717) is 26.5 Å². The fourth-order valence-corrected chi connectivity index (χ4v) is 3.55. The molecule has 0 fully saturated rings. The van der Waals surface area contributed by atoms with Crippen LogP contribution in [0.2, 0.25) is 0 Å². The van der Waals surface area contributed by atoms with Crippen LogP contribution in [0.25, 0.3) is 0 Å². The van der Waals surface area contributed by atoms with Crippen molar-refractivity contribution in [2.45, 2.75) is 12.2 Å². The van der Waals surface area contributed by atoms with Crippen LogP contribution in [-0.2, 0) is 16.4 Å². The Morgan fingerprint density at radius 3 is 2.56 bits per heavy atom. The van der Waals surface area contributed by atoms with E-state index in [1.165, 1.54) is 14.2 Å². The summed E-state index contributed by atoms with van der Waals surface area (Å²) in [5.41, 5.74) is 1.14. The highest BCUT2D eigenvalue weighted by molar-refractivity contribution is 14.1. The summed E-state index contributed by atoms with van der Waals surface area (Å²) in [4.78, 5) is 4.27. The Labute approximate surface area is 157 Å². The van der Waals surface area contributed by atoms with Crippen molar-refractivity contribution in [3.63, 3.8) is 0 Å². The molecule has 10 heteroatoms. The molecule has 1 aromatic heterocycles. The molecule has 0 saturated heterocycles. The highest BCUT2D eigenvalue weighted by Gasteiger charge is 2.25. The van der Waals surface area contributed by atoms with Gasteiger partial charge in [0.05, 0.1) is 25.6 Å². The zero-order valence-corrected chi connectivity index (χ0v) is 16.3. The van der Waals surface area contributed by atoms with Gasteiger partial charge in [-0.05, 0) is 34.2 Å². The van der Waals surface area contributed by atoms with Crippen molar-refractivity contribution < 1.29 is 26.7 Å². The normalized spacial score (nSPS) is 11.4. The van der Waals surface area contributed by atoms with Crippen LogP contribution in [0.1, 0.15) is 11.3 Å². The lowest BCUT2D eigenvalue weighted by molar-refractivity contribution is 0.236. The summed E-state index contributed by atoms with van der Waals surface area (Å²) in [6.07, 6.45) is 0.200. The molecular weight excluding hydrogens is 469 g/mol. The number of hydrogen-bond acceptors (Lipinski definition) is 5. The predicted octanol–water partition coefficient (Wildman–Crippen LogP) is 3.26. The second-order valence-corrected chi connectivity index (χ2v) is 7.71. The van der Waals surface area contributed by atoms with Crippen LogP contribution in [0, 0.1) is 3.57 Å². The zero-order valence-electron chi connectivity index (χ0n) is 13.3. The van der Waals surface area contributed by atoms with Crippen molar-refractivity contribution in [1.82, 2.24) is 4.98 Å². The number of methoxy groups -OCH3 is 2. The first kappa shape index (κ1) is 19.6. The number of sulfonamides is 1. The van der Waals surface area contributed by atoms with Crippen LogP contribution >= 0.6 is 22.6 Å². The van der Waals surface area contributed by atoms with E-state index in [9.17, 15) is 17.2 Å². The van der Waals surface area contributed by atoms with Crippen molar-refractivity contribution >= 4 is 38.3 Å². The van der Waals surface area contributed by atoms with Crippen LogP contribution in [0.15, 0.2) is 30.3 Å². The van der Waals surface area contributed by atoms with Gasteiger partial charge in [0.2, 0.25) is 5.88 Å². The Kier molecular flexibility index (Phi) is 6.38. The lowest BCUT2D eigenvalue weighted by Crippen LogP contribution is -2.22. The number of ether oxygens (including phenoxy) is 2. The van der Waals surface area contributed by atoms with E-state index in [0.717, 1.165) is 0 Å². The highest BCUT2D eigenvalue weighted by atomic mass is 127. The molecule has 2 rings (SSSR count). The van der Waals surface area contributed by atoms with Crippen LogP contribution in [0.5, 0.6) is 11.6 Å². The summed E-state index contributed by atoms with van der Waals surface area (Å²) in [7, 11) is -1.82. The second kappa shape index (κ2) is 8.13. The zero-order chi connectivity index (χ0) is 18.6. The molecule has 2 aromatic rings. The third kappa shape index (κ3) is 4.91. The quantitative estimate of drug-likeness (QED) is 0.611. The van der Waals surface area contributed by atoms with Gasteiger partial charge in [0.1, 0.15) is 5.75 Å². The van der Waals surface area contributed by atoms with Gasteiger partial charge in [0, 0.05) is 22.1 Å². The lowest BCUT2D eigenvalue weighted by atomic mass is 10.1. The van der Waals surface area contributed by atoms with Crippen molar-refractivity contribution in [2.24, 2.45) is 0 Å². The molecule has 1 N–H and O–H groups in total. The van der Waals surface area contributed by atoms with Gasteiger partial charge in [-0.25, -0.2) is 13.4 Å². The van der Waals surface area contributed by atoms with Gasteiger partial charge in [0.25, 0.3) is 10.0 Å². The monoisotopic (exact) mass is 484 g/mol. The van der Waals surface area contributed by atoms with Crippen molar-refractivity contribution in [2.75, 3.05) is 18.9 Å². The van der Waals surface area contributed by atoms with E-state index in [1.807, 2.05) is 27.3 Å². The number of rotatable bonds is 7. The van der Waals surface area contributed by atoms with E-state index in [-0.39, 0.29) is 12.1 Å². The molecule has 25 heavy (non-hydrogen) atoms. The van der Waals surface area contributed by atoms with E-state index in [4.69, 9.17) is 9.47 Å². The molecule has 0 aliphatic carbocycles. The number of pyridine rings is 1. The molecule has 0 atom stereocenters. The van der Waals surface area contributed by atoms with E-state index in [1.54, 1.807) is 30.3 Å². The molecule has 1 heterocycles. The first-order chi connectivity index (χ1) is 11.8. The second-order valence-electron chi connectivity index (χ2n) is 4.90. The van der Waals surface area contributed by atoms with Gasteiger partial charge in [-0.3, -0.25) is 4.72 Å². The van der Waals surface area contributed by atoms with Crippen LogP contribution in [-0.4, -0.2) is 33.4 Å². The van der Waals surface area contributed by atoms with Crippen LogP contribution < -0.4 is 14.2 Å². The summed E-state index contributed by atoms with van der Waals surface area (Å²) < 4.78 is 61.2. The maximum absolute atomic E-state index is 12.7. The van der Waals surface area contributed by atoms with Gasteiger partial charge in [0.15, 0.2) is 0 Å². The predicted molar refractivity (Wildman–Crippen MR) is 97.9 cm³/mol. The van der Waals surface area contributed by atoms with Gasteiger partial charge in [-0.15, -0.1) is 0 Å². The number of para-hydroxylation sites is 1. The molecule has 0 amide bonds. The minimum Gasteiger partial charge on any atom is -0.496 e. The number of nitrogens with one attached hydrogen (secondary N) is 1. The van der Waals surface area contributed by atoms with E-state index >= 15 is 0 Å². The first-order valence-electron chi connectivity index (χ1n) is 6.93. The molecule has 1 aromatic carbocycles. The lowest BCUT2D eigenvalue weighted by Gasteiger charge is -2.14. The summed E-state index contributed by atoms with van der Waals surface area (Å²) in [6.45, 7) is 0. The Hall–Kier alpha value is -1.69. The largest absolute Gasteiger partial charge is 0.496 e. The molecule has 6 nitrogen and oxygen atoms in total. The number of anilines is 1. The summed E-state index contributed by atoms with van der Waals surface area (Å²) in [5.74, 6) is -2.68. The van der Waals surface area contributed by atoms with Crippen LogP contribution in [0.4, 0.5) is 14.5 Å². The highest BCUT2D eigenvalue weighted by Crippen LogP contribution is 2.28. The van der Waals surface area contributed by atoms with Gasteiger partial charge >= 0.3 is 5.76 Å². The maximum Gasteiger partial charge on any atom is 0.355 e.